The molecular formula is C23H29N3O3. The zero-order valence-corrected chi connectivity index (χ0v) is 17.1. The third kappa shape index (κ3) is 8.09. The van der Waals surface area contributed by atoms with Gasteiger partial charge in [0.2, 0.25) is 5.91 Å². The number of carbonyl (C=O) groups is 2. The van der Waals surface area contributed by atoms with Crippen LogP contribution in [-0.2, 0) is 4.79 Å². The molecule has 0 spiro atoms. The van der Waals surface area contributed by atoms with Crippen LogP contribution in [0.25, 0.3) is 0 Å². The van der Waals surface area contributed by atoms with Crippen molar-refractivity contribution < 1.29 is 14.3 Å². The minimum Gasteiger partial charge on any atom is -0.489 e. The average Bonchev–Trinajstić information content (AvgIpc) is 2.71. The molecule has 0 aromatic heterocycles. The van der Waals surface area contributed by atoms with Crippen LogP contribution in [0.5, 0.6) is 5.75 Å². The van der Waals surface area contributed by atoms with Crippen molar-refractivity contribution in [2.75, 3.05) is 30.3 Å². The predicted molar refractivity (Wildman–Crippen MR) is 118 cm³/mol. The molecule has 0 aliphatic heterocycles. The molecule has 0 aliphatic carbocycles. The first-order valence-electron chi connectivity index (χ1n) is 9.77. The Bertz CT molecular complexity index is 832. The van der Waals surface area contributed by atoms with E-state index in [4.69, 9.17) is 4.74 Å². The summed E-state index contributed by atoms with van der Waals surface area (Å²) in [6.45, 7) is 9.01. The minimum absolute atomic E-state index is 0.110. The lowest BCUT2D eigenvalue weighted by molar-refractivity contribution is -0.114. The lowest BCUT2D eigenvalue weighted by Crippen LogP contribution is -2.25. The molecule has 2 amide bonds. The topological polar surface area (TPSA) is 79.5 Å². The van der Waals surface area contributed by atoms with E-state index in [-0.39, 0.29) is 18.4 Å². The first kappa shape index (κ1) is 22.0. The molecule has 0 bridgehead atoms. The van der Waals surface area contributed by atoms with E-state index in [9.17, 15) is 9.59 Å². The Morgan fingerprint density at radius 3 is 2.52 bits per heavy atom. The fraction of sp³-hybridized carbons (Fsp3) is 0.304. The maximum Gasteiger partial charge on any atom is 0.251 e. The number of hydrogen-bond donors (Lipinski definition) is 3. The number of benzene rings is 2. The van der Waals surface area contributed by atoms with Crippen molar-refractivity contribution in [1.82, 2.24) is 5.32 Å². The van der Waals surface area contributed by atoms with Gasteiger partial charge in [-0.1, -0.05) is 26.0 Å². The number of nitrogens with one attached hydrogen (secondary N) is 3. The molecule has 0 saturated heterocycles. The lowest BCUT2D eigenvalue weighted by atomic mass is 10.2. The second-order valence-electron chi connectivity index (χ2n) is 6.86. The van der Waals surface area contributed by atoms with Gasteiger partial charge in [-0.3, -0.25) is 9.59 Å². The van der Waals surface area contributed by atoms with E-state index in [0.717, 1.165) is 29.9 Å². The standard InChI is InChI=1S/C23H29N3O3/c1-4-5-13-24-23(28)18-7-6-8-20(14-18)26-22(27)15-25-19-9-11-21(12-10-19)29-16-17(2)3/h6-12,14,25H,2,4-5,13,15-16H2,1,3H3,(H,24,28)(H,26,27). The number of anilines is 2. The van der Waals surface area contributed by atoms with Gasteiger partial charge in [0.15, 0.2) is 0 Å². The Labute approximate surface area is 172 Å². The van der Waals surface area contributed by atoms with Gasteiger partial charge in [0, 0.05) is 23.5 Å². The molecule has 0 fully saturated rings. The Kier molecular flexibility index (Phi) is 8.76. The monoisotopic (exact) mass is 395 g/mol. The molecule has 3 N–H and O–H groups in total. The van der Waals surface area contributed by atoms with Gasteiger partial charge < -0.3 is 20.7 Å². The second-order valence-corrected chi connectivity index (χ2v) is 6.86. The Hall–Kier alpha value is -3.28. The van der Waals surface area contributed by atoms with Crippen molar-refractivity contribution in [3.8, 4) is 5.75 Å². The van der Waals surface area contributed by atoms with E-state index >= 15 is 0 Å². The summed E-state index contributed by atoms with van der Waals surface area (Å²) in [7, 11) is 0. The highest BCUT2D eigenvalue weighted by Gasteiger charge is 2.08. The number of ether oxygens (including phenoxy) is 1. The molecule has 6 nitrogen and oxygen atoms in total. The molecule has 0 saturated carbocycles. The fourth-order valence-corrected chi connectivity index (χ4v) is 2.48. The highest BCUT2D eigenvalue weighted by molar-refractivity contribution is 5.98. The molecule has 6 heteroatoms. The highest BCUT2D eigenvalue weighted by atomic mass is 16.5. The molecule has 0 radical (unpaired) electrons. The zero-order valence-electron chi connectivity index (χ0n) is 17.1. The summed E-state index contributed by atoms with van der Waals surface area (Å²) >= 11 is 0. The van der Waals surface area contributed by atoms with Crippen molar-refractivity contribution >= 4 is 23.2 Å². The van der Waals surface area contributed by atoms with Crippen molar-refractivity contribution in [3.63, 3.8) is 0 Å². The Morgan fingerprint density at radius 1 is 1.07 bits per heavy atom. The molecule has 29 heavy (non-hydrogen) atoms. The fourth-order valence-electron chi connectivity index (χ4n) is 2.48. The van der Waals surface area contributed by atoms with Crippen LogP contribution in [0.2, 0.25) is 0 Å². The number of carbonyl (C=O) groups excluding carboxylic acids is 2. The van der Waals surface area contributed by atoms with E-state index in [0.29, 0.717) is 24.4 Å². The van der Waals surface area contributed by atoms with Crippen molar-refractivity contribution in [1.29, 1.82) is 0 Å². The summed E-state index contributed by atoms with van der Waals surface area (Å²) in [5.74, 6) is 0.412. The highest BCUT2D eigenvalue weighted by Crippen LogP contribution is 2.16. The summed E-state index contributed by atoms with van der Waals surface area (Å²) < 4.78 is 5.55. The first-order valence-corrected chi connectivity index (χ1v) is 9.77. The summed E-state index contributed by atoms with van der Waals surface area (Å²) in [5.41, 5.74) is 2.87. The average molecular weight is 396 g/mol. The minimum atomic E-state index is -0.198. The summed E-state index contributed by atoms with van der Waals surface area (Å²) in [4.78, 5) is 24.3. The lowest BCUT2D eigenvalue weighted by Gasteiger charge is -2.10. The van der Waals surface area contributed by atoms with Gasteiger partial charge in [-0.2, -0.15) is 0 Å². The maximum atomic E-state index is 12.2. The molecule has 2 rings (SSSR count). The third-order valence-corrected chi connectivity index (χ3v) is 4.02. The largest absolute Gasteiger partial charge is 0.489 e. The van der Waals surface area contributed by atoms with Gasteiger partial charge in [-0.25, -0.2) is 0 Å². The van der Waals surface area contributed by atoms with Crippen LogP contribution in [0.3, 0.4) is 0 Å². The van der Waals surface area contributed by atoms with Gasteiger partial charge in [0.25, 0.3) is 5.91 Å². The van der Waals surface area contributed by atoms with Crippen LogP contribution in [0.15, 0.2) is 60.7 Å². The maximum absolute atomic E-state index is 12.2. The molecule has 0 unspecified atom stereocenters. The number of rotatable bonds is 11. The second kappa shape index (κ2) is 11.5. The van der Waals surface area contributed by atoms with Crippen LogP contribution in [0.4, 0.5) is 11.4 Å². The van der Waals surface area contributed by atoms with Crippen LogP contribution < -0.4 is 20.7 Å². The van der Waals surface area contributed by atoms with Gasteiger partial charge in [-0.15, -0.1) is 0 Å². The van der Waals surface area contributed by atoms with Crippen molar-refractivity contribution in [2.45, 2.75) is 26.7 Å². The first-order chi connectivity index (χ1) is 14.0. The summed E-state index contributed by atoms with van der Waals surface area (Å²) in [6, 6.07) is 14.3. The number of unbranched alkanes of at least 4 members (excludes halogenated alkanes) is 1. The van der Waals surface area contributed by atoms with E-state index in [1.54, 1.807) is 24.3 Å². The molecule has 154 valence electrons. The SMILES string of the molecule is C=C(C)COc1ccc(NCC(=O)Nc2cccc(C(=O)NCCCC)c2)cc1. The van der Waals surface area contributed by atoms with E-state index in [1.807, 2.05) is 31.2 Å². The molecular weight excluding hydrogens is 366 g/mol. The molecule has 0 atom stereocenters. The van der Waals surface area contributed by atoms with Crippen molar-refractivity contribution in [2.24, 2.45) is 0 Å². The van der Waals surface area contributed by atoms with E-state index in [2.05, 4.69) is 29.5 Å². The van der Waals surface area contributed by atoms with Gasteiger partial charge >= 0.3 is 0 Å². The van der Waals surface area contributed by atoms with Gasteiger partial charge in [-0.05, 0) is 61.4 Å². The Morgan fingerprint density at radius 2 is 1.83 bits per heavy atom. The smallest absolute Gasteiger partial charge is 0.251 e. The van der Waals surface area contributed by atoms with E-state index < -0.39 is 0 Å². The zero-order chi connectivity index (χ0) is 21.1. The predicted octanol–water partition coefficient (Wildman–Crippen LogP) is 4.22. The normalized spacial score (nSPS) is 10.1. The number of amides is 2. The van der Waals surface area contributed by atoms with E-state index in [1.165, 1.54) is 0 Å². The van der Waals surface area contributed by atoms with Crippen LogP contribution in [-0.4, -0.2) is 31.5 Å². The molecule has 0 aliphatic rings. The quantitative estimate of drug-likeness (QED) is 0.393. The van der Waals surface area contributed by atoms with Crippen molar-refractivity contribution in [3.05, 3.63) is 66.2 Å². The third-order valence-electron chi connectivity index (χ3n) is 4.02. The molecule has 2 aromatic rings. The number of hydrogen-bond acceptors (Lipinski definition) is 4. The van der Waals surface area contributed by atoms with Crippen LogP contribution >= 0.6 is 0 Å². The van der Waals surface area contributed by atoms with Crippen LogP contribution in [0, 0.1) is 0 Å². The summed E-state index contributed by atoms with van der Waals surface area (Å²) in [6.07, 6.45) is 1.96. The van der Waals surface area contributed by atoms with Crippen LogP contribution in [0.1, 0.15) is 37.0 Å². The Balaban J connectivity index is 1.82. The molecule has 2 aromatic carbocycles. The summed E-state index contributed by atoms with van der Waals surface area (Å²) in [5, 5.41) is 8.73. The van der Waals surface area contributed by atoms with Gasteiger partial charge in [0.05, 0.1) is 6.54 Å². The molecule has 0 heterocycles. The van der Waals surface area contributed by atoms with Gasteiger partial charge in [0.1, 0.15) is 12.4 Å².